The molecule has 0 unspecified atom stereocenters. The Morgan fingerprint density at radius 1 is 1.00 bits per heavy atom. The number of fused-ring (bicyclic) bond motifs is 1. The second-order valence-electron chi connectivity index (χ2n) is 11.4. The molecule has 0 saturated carbocycles. The molecule has 2 aliphatic rings. The van der Waals surface area contributed by atoms with Crippen LogP contribution < -0.4 is 10.6 Å². The van der Waals surface area contributed by atoms with E-state index >= 15 is 0 Å². The van der Waals surface area contributed by atoms with Gasteiger partial charge in [0.25, 0.3) is 5.91 Å². The van der Waals surface area contributed by atoms with Crippen molar-refractivity contribution in [2.24, 2.45) is 0 Å². The van der Waals surface area contributed by atoms with Gasteiger partial charge in [-0.05, 0) is 85.3 Å². The molecule has 212 valence electrons. The molecule has 2 aliphatic heterocycles. The van der Waals surface area contributed by atoms with Crippen LogP contribution in [0.1, 0.15) is 60.9 Å². The van der Waals surface area contributed by atoms with E-state index in [0.717, 1.165) is 48.3 Å². The van der Waals surface area contributed by atoms with Crippen LogP contribution >= 0.6 is 11.6 Å². The van der Waals surface area contributed by atoms with E-state index in [9.17, 15) is 9.59 Å². The average Bonchev–Trinajstić information content (AvgIpc) is 3.13. The fourth-order valence-corrected chi connectivity index (χ4v) is 6.13. The van der Waals surface area contributed by atoms with Crippen LogP contribution in [0.3, 0.4) is 0 Å². The zero-order valence-corrected chi connectivity index (χ0v) is 24.2. The molecule has 3 aromatic carbocycles. The lowest BCUT2D eigenvalue weighted by molar-refractivity contribution is -0.133. The van der Waals surface area contributed by atoms with Crippen LogP contribution in [-0.4, -0.2) is 73.0 Å². The topological polar surface area (TPSA) is 64.7 Å². The standard InChI is InChI=1S/C33H41ClN4O2/c1-24(25-11-13-29(34)14-12-25)23-38-20-15-30(36-31(33(38)40)16-19-37-17-5-2-6-18-37)22-35-32(39)28-10-9-26-7-3-4-8-27(26)21-28/h3-4,7-14,21,24,30-31,36H,2,5-6,15-20,22-23H2,1H3,(H,35,39)/t24-,30+,31+/m1/s1. The van der Waals surface area contributed by atoms with Crippen LogP contribution in [-0.2, 0) is 4.79 Å². The van der Waals surface area contributed by atoms with Gasteiger partial charge in [-0.2, -0.15) is 0 Å². The normalized spacial score (nSPS) is 21.2. The third kappa shape index (κ3) is 7.42. The highest BCUT2D eigenvalue weighted by Gasteiger charge is 2.32. The molecule has 0 radical (unpaired) electrons. The number of piperidine rings is 1. The maximum atomic E-state index is 13.8. The Morgan fingerprint density at radius 2 is 1.75 bits per heavy atom. The molecule has 2 saturated heterocycles. The first-order valence-corrected chi connectivity index (χ1v) is 15.1. The van der Waals surface area contributed by atoms with Crippen LogP contribution in [0, 0.1) is 0 Å². The molecular formula is C33H41ClN4O2. The Hall–Kier alpha value is -2.93. The summed E-state index contributed by atoms with van der Waals surface area (Å²) in [5.41, 5.74) is 1.84. The number of hydrogen-bond acceptors (Lipinski definition) is 4. The van der Waals surface area contributed by atoms with E-state index in [-0.39, 0.29) is 29.8 Å². The highest BCUT2D eigenvalue weighted by Crippen LogP contribution is 2.22. The largest absolute Gasteiger partial charge is 0.350 e. The minimum Gasteiger partial charge on any atom is -0.350 e. The fourth-order valence-electron chi connectivity index (χ4n) is 6.00. The lowest BCUT2D eigenvalue weighted by atomic mass is 10.00. The van der Waals surface area contributed by atoms with Crippen molar-refractivity contribution in [2.75, 3.05) is 39.3 Å². The Morgan fingerprint density at radius 3 is 2.52 bits per heavy atom. The Kier molecular flexibility index (Phi) is 9.74. The van der Waals surface area contributed by atoms with E-state index in [0.29, 0.717) is 25.2 Å². The molecule has 2 heterocycles. The van der Waals surface area contributed by atoms with Gasteiger partial charge in [-0.15, -0.1) is 0 Å². The zero-order valence-electron chi connectivity index (χ0n) is 23.4. The van der Waals surface area contributed by atoms with E-state index in [2.05, 4.69) is 22.5 Å². The maximum absolute atomic E-state index is 13.8. The Bertz CT molecular complexity index is 1290. The number of carbonyl (C=O) groups excluding carboxylic acids is 2. The predicted molar refractivity (Wildman–Crippen MR) is 163 cm³/mol. The summed E-state index contributed by atoms with van der Waals surface area (Å²) in [6.07, 6.45) is 5.34. The highest BCUT2D eigenvalue weighted by molar-refractivity contribution is 6.30. The summed E-state index contributed by atoms with van der Waals surface area (Å²) < 4.78 is 0. The quantitative estimate of drug-likeness (QED) is 0.365. The number of amides is 2. The second kappa shape index (κ2) is 13.6. The minimum absolute atomic E-state index is 0.0237. The Balaban J connectivity index is 1.24. The molecule has 3 aromatic rings. The fraction of sp³-hybridized carbons (Fsp3) is 0.455. The van der Waals surface area contributed by atoms with E-state index in [1.807, 2.05) is 71.6 Å². The maximum Gasteiger partial charge on any atom is 0.251 e. The SMILES string of the molecule is C[C@H](CN1CC[C@@H](CNC(=O)c2ccc3ccccc3c2)N[C@@H](CCN2CCCCC2)C1=O)c1ccc(Cl)cc1. The average molecular weight is 561 g/mol. The van der Waals surface area contributed by atoms with Gasteiger partial charge in [-0.3, -0.25) is 9.59 Å². The molecule has 2 N–H and O–H groups in total. The second-order valence-corrected chi connectivity index (χ2v) is 11.8. The number of nitrogens with one attached hydrogen (secondary N) is 2. The van der Waals surface area contributed by atoms with Gasteiger partial charge in [0.15, 0.2) is 0 Å². The van der Waals surface area contributed by atoms with E-state index in [1.54, 1.807) is 0 Å². The van der Waals surface area contributed by atoms with Crippen molar-refractivity contribution in [1.82, 2.24) is 20.4 Å². The monoisotopic (exact) mass is 560 g/mol. The van der Waals surface area contributed by atoms with Gasteiger partial charge in [-0.1, -0.05) is 67.4 Å². The van der Waals surface area contributed by atoms with Gasteiger partial charge in [-0.25, -0.2) is 0 Å². The number of carbonyl (C=O) groups is 2. The van der Waals surface area contributed by atoms with Crippen molar-refractivity contribution in [3.05, 3.63) is 82.9 Å². The lowest BCUT2D eigenvalue weighted by Gasteiger charge is -2.30. The van der Waals surface area contributed by atoms with Gasteiger partial charge in [0.2, 0.25) is 5.91 Å². The van der Waals surface area contributed by atoms with Crippen LogP contribution in [0.25, 0.3) is 10.8 Å². The summed E-state index contributed by atoms with van der Waals surface area (Å²) in [6, 6.07) is 21.6. The third-order valence-electron chi connectivity index (χ3n) is 8.43. The van der Waals surface area contributed by atoms with Crippen molar-refractivity contribution in [3.63, 3.8) is 0 Å². The number of likely N-dealkylation sites (tertiary alicyclic amines) is 1. The number of halogens is 1. The zero-order chi connectivity index (χ0) is 27.9. The van der Waals surface area contributed by atoms with E-state index in [4.69, 9.17) is 11.6 Å². The molecule has 0 spiro atoms. The van der Waals surface area contributed by atoms with Gasteiger partial charge in [0.1, 0.15) is 0 Å². The van der Waals surface area contributed by atoms with Crippen LogP contribution in [0.4, 0.5) is 0 Å². The van der Waals surface area contributed by atoms with Crippen molar-refractivity contribution in [3.8, 4) is 0 Å². The van der Waals surface area contributed by atoms with Crippen LogP contribution in [0.15, 0.2) is 66.7 Å². The lowest BCUT2D eigenvalue weighted by Crippen LogP contribution is -2.50. The number of nitrogens with zero attached hydrogens (tertiary/aromatic N) is 2. The van der Waals surface area contributed by atoms with Gasteiger partial charge in [0.05, 0.1) is 6.04 Å². The summed E-state index contributed by atoms with van der Waals surface area (Å²) in [5, 5.41) is 9.67. The molecule has 5 rings (SSSR count). The minimum atomic E-state index is -0.260. The Labute approximate surface area is 243 Å². The van der Waals surface area contributed by atoms with E-state index < -0.39 is 0 Å². The summed E-state index contributed by atoms with van der Waals surface area (Å²) in [5.74, 6) is 0.288. The molecule has 6 nitrogen and oxygen atoms in total. The van der Waals surface area contributed by atoms with Crippen LogP contribution in [0.2, 0.25) is 5.02 Å². The molecular weight excluding hydrogens is 520 g/mol. The summed E-state index contributed by atoms with van der Waals surface area (Å²) in [6.45, 7) is 7.13. The van der Waals surface area contributed by atoms with Crippen molar-refractivity contribution < 1.29 is 9.59 Å². The van der Waals surface area contributed by atoms with Crippen molar-refractivity contribution in [2.45, 2.75) is 57.0 Å². The molecule has 0 aliphatic carbocycles. The predicted octanol–water partition coefficient (Wildman–Crippen LogP) is 5.46. The molecule has 40 heavy (non-hydrogen) atoms. The molecule has 0 aromatic heterocycles. The first-order valence-electron chi connectivity index (χ1n) is 14.8. The smallest absolute Gasteiger partial charge is 0.251 e. The number of benzene rings is 3. The number of hydrogen-bond donors (Lipinski definition) is 2. The summed E-state index contributed by atoms with van der Waals surface area (Å²) in [7, 11) is 0. The first kappa shape index (κ1) is 28.6. The number of rotatable bonds is 9. The first-order chi connectivity index (χ1) is 19.5. The summed E-state index contributed by atoms with van der Waals surface area (Å²) in [4.78, 5) is 31.4. The third-order valence-corrected chi connectivity index (χ3v) is 8.68. The van der Waals surface area contributed by atoms with Crippen LogP contribution in [0.5, 0.6) is 0 Å². The highest BCUT2D eigenvalue weighted by atomic mass is 35.5. The molecule has 3 atom stereocenters. The molecule has 2 amide bonds. The van der Waals surface area contributed by atoms with Crippen molar-refractivity contribution >= 4 is 34.2 Å². The van der Waals surface area contributed by atoms with Gasteiger partial charge < -0.3 is 20.4 Å². The molecule has 2 fully saturated rings. The van der Waals surface area contributed by atoms with Crippen molar-refractivity contribution in [1.29, 1.82) is 0 Å². The molecule has 7 heteroatoms. The van der Waals surface area contributed by atoms with Gasteiger partial charge >= 0.3 is 0 Å². The summed E-state index contributed by atoms with van der Waals surface area (Å²) >= 11 is 6.10. The van der Waals surface area contributed by atoms with Gasteiger partial charge in [0, 0.05) is 42.8 Å². The van der Waals surface area contributed by atoms with E-state index in [1.165, 1.54) is 24.8 Å². The molecule has 0 bridgehead atoms.